The summed E-state index contributed by atoms with van der Waals surface area (Å²) in [6.45, 7) is 1.65. The first kappa shape index (κ1) is 17.7. The molecule has 4 saturated carbocycles. The molecule has 6 rings (SSSR count). The molecular formula is C22H26N2O4. The molecule has 6 heteroatoms. The summed E-state index contributed by atoms with van der Waals surface area (Å²) in [6.07, 6.45) is 6.40. The maximum atomic E-state index is 12.8. The lowest BCUT2D eigenvalue weighted by atomic mass is 9.53. The molecule has 2 aromatic rings. The summed E-state index contributed by atoms with van der Waals surface area (Å²) in [4.78, 5) is 25.1. The number of nitrogens with one attached hydrogen (secondary N) is 1. The van der Waals surface area contributed by atoms with E-state index in [2.05, 4.69) is 10.5 Å². The molecular weight excluding hydrogens is 356 g/mol. The zero-order valence-corrected chi connectivity index (χ0v) is 16.1. The minimum absolute atomic E-state index is 0.00794. The van der Waals surface area contributed by atoms with E-state index in [0.29, 0.717) is 11.3 Å². The smallest absolute Gasteiger partial charge is 0.312 e. The van der Waals surface area contributed by atoms with Gasteiger partial charge >= 0.3 is 5.97 Å². The fraction of sp³-hybridized carbons (Fsp3) is 0.591. The third-order valence-corrected chi connectivity index (χ3v) is 6.87. The van der Waals surface area contributed by atoms with Crippen molar-refractivity contribution in [3.63, 3.8) is 0 Å². The lowest BCUT2D eigenvalue weighted by molar-refractivity contribution is -0.156. The van der Waals surface area contributed by atoms with Gasteiger partial charge in [-0.2, -0.15) is 0 Å². The Hall–Kier alpha value is -2.37. The lowest BCUT2D eigenvalue weighted by Gasteiger charge is -2.57. The molecule has 1 N–H and O–H groups in total. The van der Waals surface area contributed by atoms with Crippen molar-refractivity contribution >= 4 is 22.8 Å². The molecule has 28 heavy (non-hydrogen) atoms. The molecule has 0 spiro atoms. The van der Waals surface area contributed by atoms with Crippen LogP contribution in [0.1, 0.15) is 51.1 Å². The number of carbonyl (C=O) groups is 2. The van der Waals surface area contributed by atoms with Crippen LogP contribution in [0.3, 0.4) is 0 Å². The second kappa shape index (κ2) is 6.61. The van der Waals surface area contributed by atoms with E-state index in [4.69, 9.17) is 9.26 Å². The fourth-order valence-corrected chi connectivity index (χ4v) is 6.12. The summed E-state index contributed by atoms with van der Waals surface area (Å²) < 4.78 is 10.6. The Labute approximate surface area is 164 Å². The van der Waals surface area contributed by atoms with E-state index in [1.54, 1.807) is 13.0 Å². The zero-order chi connectivity index (χ0) is 19.3. The van der Waals surface area contributed by atoms with Crippen LogP contribution in [0.15, 0.2) is 28.8 Å². The number of hydrogen-bond acceptors (Lipinski definition) is 5. The average Bonchev–Trinajstić information content (AvgIpc) is 3.03. The van der Waals surface area contributed by atoms with Gasteiger partial charge in [0.25, 0.3) is 5.91 Å². The number of rotatable bonds is 5. The summed E-state index contributed by atoms with van der Waals surface area (Å²) in [6, 6.07) is 7.39. The lowest BCUT2D eigenvalue weighted by Crippen LogP contribution is -2.61. The minimum atomic E-state index is -0.807. The molecule has 4 aliphatic carbocycles. The topological polar surface area (TPSA) is 81.4 Å². The molecule has 1 heterocycles. The standard InChI is InChI=1S/C22H26N2O4/c1-13(27-20(25)9-18-17-4-2-3-5-19(17)28-24-18)21(26)23-22-10-14-6-15(11-22)8-16(7-14)12-22/h2-5,13-16H,6-12H2,1H3,(H,23,26)/t13-,14?,15?,16?,22?/m1/s1. The van der Waals surface area contributed by atoms with Crippen LogP contribution in [0.2, 0.25) is 0 Å². The Morgan fingerprint density at radius 2 is 1.82 bits per heavy atom. The van der Waals surface area contributed by atoms with Crippen molar-refractivity contribution in [3.05, 3.63) is 30.0 Å². The van der Waals surface area contributed by atoms with Crippen LogP contribution in [0.5, 0.6) is 0 Å². The summed E-state index contributed by atoms with van der Waals surface area (Å²) >= 11 is 0. The molecule has 1 aromatic carbocycles. The largest absolute Gasteiger partial charge is 0.452 e. The van der Waals surface area contributed by atoms with Crippen LogP contribution < -0.4 is 5.32 Å². The van der Waals surface area contributed by atoms with Gasteiger partial charge in [-0.3, -0.25) is 9.59 Å². The average molecular weight is 382 g/mol. The van der Waals surface area contributed by atoms with Gasteiger partial charge < -0.3 is 14.6 Å². The highest BCUT2D eigenvalue weighted by atomic mass is 16.5. The van der Waals surface area contributed by atoms with E-state index in [1.165, 1.54) is 19.3 Å². The highest BCUT2D eigenvalue weighted by Crippen LogP contribution is 2.55. The highest BCUT2D eigenvalue weighted by Gasteiger charge is 2.51. The molecule has 4 fully saturated rings. The van der Waals surface area contributed by atoms with Crippen LogP contribution >= 0.6 is 0 Å². The van der Waals surface area contributed by atoms with Crippen molar-refractivity contribution in [2.75, 3.05) is 0 Å². The van der Waals surface area contributed by atoms with Gasteiger partial charge in [0.15, 0.2) is 11.7 Å². The van der Waals surface area contributed by atoms with Gasteiger partial charge in [0.2, 0.25) is 0 Å². The van der Waals surface area contributed by atoms with Crippen LogP contribution in [-0.2, 0) is 20.7 Å². The number of ether oxygens (including phenoxy) is 1. The van der Waals surface area contributed by atoms with Gasteiger partial charge in [0, 0.05) is 10.9 Å². The summed E-state index contributed by atoms with van der Waals surface area (Å²) in [5.74, 6) is 1.62. The maximum absolute atomic E-state index is 12.8. The molecule has 4 aliphatic rings. The highest BCUT2D eigenvalue weighted by molar-refractivity contribution is 5.87. The fourth-order valence-electron chi connectivity index (χ4n) is 6.12. The van der Waals surface area contributed by atoms with Gasteiger partial charge in [-0.05, 0) is 75.3 Å². The van der Waals surface area contributed by atoms with Crippen LogP contribution in [0.4, 0.5) is 0 Å². The Morgan fingerprint density at radius 1 is 1.18 bits per heavy atom. The first-order chi connectivity index (χ1) is 13.5. The number of aromatic nitrogens is 1. The predicted molar refractivity (Wildman–Crippen MR) is 102 cm³/mol. The van der Waals surface area contributed by atoms with Crippen LogP contribution in [-0.4, -0.2) is 28.7 Å². The Kier molecular flexibility index (Phi) is 4.18. The number of fused-ring (bicyclic) bond motifs is 1. The molecule has 1 amide bonds. The van der Waals surface area contributed by atoms with E-state index in [1.807, 2.05) is 18.2 Å². The summed E-state index contributed by atoms with van der Waals surface area (Å²) in [7, 11) is 0. The monoisotopic (exact) mass is 382 g/mol. The Balaban J connectivity index is 1.20. The molecule has 0 unspecified atom stereocenters. The number of amides is 1. The quantitative estimate of drug-likeness (QED) is 0.802. The van der Waals surface area contributed by atoms with E-state index < -0.39 is 12.1 Å². The zero-order valence-electron chi connectivity index (χ0n) is 16.1. The molecule has 6 nitrogen and oxygen atoms in total. The molecule has 0 aliphatic heterocycles. The van der Waals surface area contributed by atoms with Gasteiger partial charge in [0.05, 0.1) is 6.42 Å². The van der Waals surface area contributed by atoms with E-state index >= 15 is 0 Å². The number of carbonyl (C=O) groups excluding carboxylic acids is 2. The number of nitrogens with zero attached hydrogens (tertiary/aromatic N) is 1. The van der Waals surface area contributed by atoms with Crippen molar-refractivity contribution in [2.45, 2.75) is 63.5 Å². The van der Waals surface area contributed by atoms with Crippen molar-refractivity contribution in [1.82, 2.24) is 10.5 Å². The second-order valence-electron chi connectivity index (χ2n) is 9.12. The van der Waals surface area contributed by atoms with Gasteiger partial charge in [-0.1, -0.05) is 17.3 Å². The molecule has 0 radical (unpaired) electrons. The van der Waals surface area contributed by atoms with Crippen molar-refractivity contribution in [2.24, 2.45) is 17.8 Å². The van der Waals surface area contributed by atoms with E-state index in [9.17, 15) is 9.59 Å². The van der Waals surface area contributed by atoms with Crippen LogP contribution in [0, 0.1) is 17.8 Å². The van der Waals surface area contributed by atoms with Gasteiger partial charge in [0.1, 0.15) is 5.69 Å². The molecule has 4 bridgehead atoms. The molecule has 1 atom stereocenters. The first-order valence-electron chi connectivity index (χ1n) is 10.3. The summed E-state index contributed by atoms with van der Waals surface area (Å²) in [5, 5.41) is 8.02. The maximum Gasteiger partial charge on any atom is 0.312 e. The number of esters is 1. The molecule has 0 saturated heterocycles. The number of para-hydroxylation sites is 1. The SMILES string of the molecule is C[C@@H](OC(=O)Cc1noc2ccccc12)C(=O)NC12CC3CC(CC(C3)C1)C2. The predicted octanol–water partition coefficient (Wildman–Crippen LogP) is 3.39. The van der Waals surface area contributed by atoms with Crippen molar-refractivity contribution in [1.29, 1.82) is 0 Å². The van der Waals surface area contributed by atoms with E-state index in [-0.39, 0.29) is 17.9 Å². The van der Waals surface area contributed by atoms with E-state index in [0.717, 1.165) is 42.4 Å². The Morgan fingerprint density at radius 3 is 2.50 bits per heavy atom. The van der Waals surface area contributed by atoms with Crippen LogP contribution in [0.25, 0.3) is 11.0 Å². The van der Waals surface area contributed by atoms with Crippen molar-refractivity contribution < 1.29 is 18.8 Å². The Bertz CT molecular complexity index is 883. The third kappa shape index (κ3) is 3.19. The number of hydrogen-bond donors (Lipinski definition) is 1. The minimum Gasteiger partial charge on any atom is -0.452 e. The normalized spacial score (nSPS) is 31.7. The first-order valence-corrected chi connectivity index (χ1v) is 10.3. The molecule has 148 valence electrons. The molecule has 1 aromatic heterocycles. The van der Waals surface area contributed by atoms with Gasteiger partial charge in [-0.15, -0.1) is 0 Å². The number of benzene rings is 1. The second-order valence-corrected chi connectivity index (χ2v) is 9.12. The van der Waals surface area contributed by atoms with Crippen molar-refractivity contribution in [3.8, 4) is 0 Å². The van der Waals surface area contributed by atoms with Gasteiger partial charge in [-0.25, -0.2) is 0 Å². The third-order valence-electron chi connectivity index (χ3n) is 6.87. The summed E-state index contributed by atoms with van der Waals surface area (Å²) in [5.41, 5.74) is 1.10.